The molecule has 1 N–H and O–H groups in total. The lowest BCUT2D eigenvalue weighted by Crippen LogP contribution is -2.20. The lowest BCUT2D eigenvalue weighted by Gasteiger charge is -2.20. The summed E-state index contributed by atoms with van der Waals surface area (Å²) in [5.41, 5.74) is 1.09. The third-order valence-corrected chi connectivity index (χ3v) is 2.74. The van der Waals surface area contributed by atoms with E-state index in [-0.39, 0.29) is 10.9 Å². The summed E-state index contributed by atoms with van der Waals surface area (Å²) in [7, 11) is 1.46. The first-order valence-electron chi connectivity index (χ1n) is 4.48. The molecule has 0 aromatic heterocycles. The van der Waals surface area contributed by atoms with Crippen LogP contribution >= 0.6 is 11.6 Å². The van der Waals surface area contributed by atoms with Crippen molar-refractivity contribution in [2.75, 3.05) is 12.4 Å². The van der Waals surface area contributed by atoms with E-state index in [1.807, 2.05) is 0 Å². The quantitative estimate of drug-likeness (QED) is 0.803. The van der Waals surface area contributed by atoms with Gasteiger partial charge in [-0.25, -0.2) is 4.39 Å². The number of carbonyl (C=O) groups excluding carboxylic acids is 1. The molecule has 1 aliphatic heterocycles. The molecule has 1 aliphatic rings. The lowest BCUT2D eigenvalue weighted by molar-refractivity contribution is -0.116. The minimum atomic E-state index is -0.588. The van der Waals surface area contributed by atoms with Gasteiger partial charge in [0.05, 0.1) is 12.8 Å². The van der Waals surface area contributed by atoms with Crippen LogP contribution in [0.5, 0.6) is 5.75 Å². The first kappa shape index (κ1) is 10.2. The summed E-state index contributed by atoms with van der Waals surface area (Å²) in [5, 5.41) is 2.50. The van der Waals surface area contributed by atoms with E-state index in [1.165, 1.54) is 13.2 Å². The van der Waals surface area contributed by atoms with E-state index in [4.69, 9.17) is 16.3 Å². The standard InChI is InChI=1S/C10H9ClFNO2/c1-15-7-4-6(12)9(11)10-5(7)2-3-8(14)13-10/h4H,2-3H2,1H3,(H,13,14). The van der Waals surface area contributed by atoms with Gasteiger partial charge in [0.2, 0.25) is 5.91 Å². The number of halogens is 2. The molecule has 5 heteroatoms. The van der Waals surface area contributed by atoms with Gasteiger partial charge in [-0.2, -0.15) is 0 Å². The van der Waals surface area contributed by atoms with Crippen LogP contribution in [0.25, 0.3) is 0 Å². The van der Waals surface area contributed by atoms with Crippen molar-refractivity contribution in [2.45, 2.75) is 12.8 Å². The van der Waals surface area contributed by atoms with E-state index < -0.39 is 5.82 Å². The Balaban J connectivity index is 2.61. The van der Waals surface area contributed by atoms with Crippen molar-refractivity contribution in [1.82, 2.24) is 0 Å². The third kappa shape index (κ3) is 1.65. The minimum Gasteiger partial charge on any atom is -0.496 e. The zero-order valence-corrected chi connectivity index (χ0v) is 8.82. The van der Waals surface area contributed by atoms with Crippen molar-refractivity contribution < 1.29 is 13.9 Å². The highest BCUT2D eigenvalue weighted by atomic mass is 35.5. The molecule has 1 heterocycles. The average molecular weight is 230 g/mol. The SMILES string of the molecule is COc1cc(F)c(Cl)c2c1CCC(=O)N2. The Kier molecular flexibility index (Phi) is 2.52. The van der Waals surface area contributed by atoms with Crippen LogP contribution in [0, 0.1) is 5.82 Å². The van der Waals surface area contributed by atoms with E-state index in [1.54, 1.807) is 0 Å². The van der Waals surface area contributed by atoms with Crippen molar-refractivity contribution >= 4 is 23.2 Å². The zero-order valence-electron chi connectivity index (χ0n) is 8.06. The van der Waals surface area contributed by atoms with E-state index in [9.17, 15) is 9.18 Å². The number of amides is 1. The summed E-state index contributed by atoms with van der Waals surface area (Å²) < 4.78 is 18.4. The van der Waals surface area contributed by atoms with E-state index in [0.29, 0.717) is 24.3 Å². The highest BCUT2D eigenvalue weighted by Gasteiger charge is 2.23. The first-order valence-corrected chi connectivity index (χ1v) is 4.86. The fourth-order valence-corrected chi connectivity index (χ4v) is 1.86. The molecular weight excluding hydrogens is 221 g/mol. The molecule has 0 bridgehead atoms. The number of methoxy groups -OCH3 is 1. The number of ether oxygens (including phenoxy) is 1. The van der Waals surface area contributed by atoms with Crippen molar-refractivity contribution in [3.8, 4) is 5.75 Å². The fourth-order valence-electron chi connectivity index (χ4n) is 1.64. The second-order valence-electron chi connectivity index (χ2n) is 3.28. The number of carbonyl (C=O) groups is 1. The zero-order chi connectivity index (χ0) is 11.0. The molecule has 0 aliphatic carbocycles. The smallest absolute Gasteiger partial charge is 0.224 e. The molecule has 2 rings (SSSR count). The topological polar surface area (TPSA) is 38.3 Å². The molecule has 80 valence electrons. The predicted octanol–water partition coefficient (Wildman–Crippen LogP) is 2.37. The summed E-state index contributed by atoms with van der Waals surface area (Å²) in [6, 6.07) is 1.23. The fraction of sp³-hybridized carbons (Fsp3) is 0.300. The Morgan fingerprint density at radius 1 is 1.53 bits per heavy atom. The highest BCUT2D eigenvalue weighted by Crippen LogP contribution is 2.38. The van der Waals surface area contributed by atoms with Gasteiger partial charge in [0.1, 0.15) is 16.6 Å². The van der Waals surface area contributed by atoms with Crippen LogP contribution in [0.1, 0.15) is 12.0 Å². The average Bonchev–Trinajstić information content (AvgIpc) is 2.23. The maximum Gasteiger partial charge on any atom is 0.224 e. The van der Waals surface area contributed by atoms with Gasteiger partial charge in [-0.3, -0.25) is 4.79 Å². The summed E-state index contributed by atoms with van der Waals surface area (Å²) >= 11 is 5.76. The Labute approximate surface area is 91.2 Å². The maximum absolute atomic E-state index is 13.3. The molecular formula is C10H9ClFNO2. The molecule has 0 unspecified atom stereocenters. The first-order chi connectivity index (χ1) is 7.13. The molecule has 0 spiro atoms. The Morgan fingerprint density at radius 3 is 2.93 bits per heavy atom. The summed E-state index contributed by atoms with van der Waals surface area (Å²) in [6.07, 6.45) is 0.885. The van der Waals surface area contributed by atoms with Crippen molar-refractivity contribution in [2.24, 2.45) is 0 Å². The van der Waals surface area contributed by atoms with Crippen LogP contribution in [0.3, 0.4) is 0 Å². The van der Waals surface area contributed by atoms with E-state index >= 15 is 0 Å². The molecule has 1 aromatic rings. The van der Waals surface area contributed by atoms with Crippen molar-refractivity contribution in [1.29, 1.82) is 0 Å². The van der Waals surface area contributed by atoms with Crippen LogP contribution in [0.4, 0.5) is 10.1 Å². The number of anilines is 1. The Morgan fingerprint density at radius 2 is 2.27 bits per heavy atom. The number of fused-ring (bicyclic) bond motifs is 1. The van der Waals surface area contributed by atoms with Gasteiger partial charge in [-0.15, -0.1) is 0 Å². The maximum atomic E-state index is 13.3. The molecule has 15 heavy (non-hydrogen) atoms. The normalized spacial score (nSPS) is 14.5. The van der Waals surface area contributed by atoms with Gasteiger partial charge in [0, 0.05) is 18.1 Å². The predicted molar refractivity (Wildman–Crippen MR) is 54.9 cm³/mol. The molecule has 0 radical (unpaired) electrons. The monoisotopic (exact) mass is 229 g/mol. The van der Waals surface area contributed by atoms with Crippen LogP contribution in [0.2, 0.25) is 5.02 Å². The van der Waals surface area contributed by atoms with E-state index in [0.717, 1.165) is 5.56 Å². The molecule has 0 saturated carbocycles. The molecule has 1 aromatic carbocycles. The molecule has 0 saturated heterocycles. The molecule has 1 amide bonds. The second kappa shape index (κ2) is 3.70. The van der Waals surface area contributed by atoms with Gasteiger partial charge >= 0.3 is 0 Å². The number of rotatable bonds is 1. The molecule has 3 nitrogen and oxygen atoms in total. The van der Waals surface area contributed by atoms with Crippen molar-refractivity contribution in [3.63, 3.8) is 0 Å². The number of hydrogen-bond donors (Lipinski definition) is 1. The van der Waals surface area contributed by atoms with Gasteiger partial charge in [0.25, 0.3) is 0 Å². The minimum absolute atomic E-state index is 0.0566. The second-order valence-corrected chi connectivity index (χ2v) is 3.65. The molecule has 0 fully saturated rings. The summed E-state index contributed by atoms with van der Waals surface area (Å²) in [6.45, 7) is 0. The van der Waals surface area contributed by atoms with Crippen LogP contribution < -0.4 is 10.1 Å². The number of nitrogens with one attached hydrogen (secondary N) is 1. The Bertz CT molecular complexity index is 434. The Hall–Kier alpha value is -1.29. The summed E-state index contributed by atoms with van der Waals surface area (Å²) in [4.78, 5) is 11.2. The van der Waals surface area contributed by atoms with Crippen LogP contribution in [-0.2, 0) is 11.2 Å². The van der Waals surface area contributed by atoms with Gasteiger partial charge in [-0.1, -0.05) is 11.6 Å². The largest absolute Gasteiger partial charge is 0.496 e. The van der Waals surface area contributed by atoms with E-state index in [2.05, 4.69) is 5.32 Å². The van der Waals surface area contributed by atoms with Gasteiger partial charge < -0.3 is 10.1 Å². The van der Waals surface area contributed by atoms with Gasteiger partial charge in [-0.05, 0) is 6.42 Å². The number of benzene rings is 1. The van der Waals surface area contributed by atoms with Gasteiger partial charge in [0.15, 0.2) is 0 Å². The highest BCUT2D eigenvalue weighted by molar-refractivity contribution is 6.34. The number of hydrogen-bond acceptors (Lipinski definition) is 2. The third-order valence-electron chi connectivity index (χ3n) is 2.37. The molecule has 0 atom stereocenters. The van der Waals surface area contributed by atoms with Crippen LogP contribution in [0.15, 0.2) is 6.07 Å². The van der Waals surface area contributed by atoms with Crippen molar-refractivity contribution in [3.05, 3.63) is 22.5 Å². The van der Waals surface area contributed by atoms with Crippen LogP contribution in [-0.4, -0.2) is 13.0 Å². The lowest BCUT2D eigenvalue weighted by atomic mass is 10.0. The summed E-state index contributed by atoms with van der Waals surface area (Å²) in [5.74, 6) is -0.321.